The summed E-state index contributed by atoms with van der Waals surface area (Å²) in [6.45, 7) is 1.16. The number of fused-ring (bicyclic) bond motifs is 1. The number of halogens is 1. The number of ether oxygens (including phenoxy) is 1. The zero-order chi connectivity index (χ0) is 20.4. The van der Waals surface area contributed by atoms with Gasteiger partial charge in [0.2, 0.25) is 10.0 Å². The number of hydrogen-bond donors (Lipinski definition) is 0. The van der Waals surface area contributed by atoms with Crippen LogP contribution >= 0.6 is 0 Å². The Labute approximate surface area is 167 Å². The van der Waals surface area contributed by atoms with Gasteiger partial charge in [0, 0.05) is 30.5 Å². The van der Waals surface area contributed by atoms with Crippen LogP contribution in [-0.2, 0) is 10.0 Å². The van der Waals surface area contributed by atoms with E-state index in [0.717, 1.165) is 12.8 Å². The third kappa shape index (κ3) is 4.33. The minimum atomic E-state index is -3.68. The predicted molar refractivity (Wildman–Crippen MR) is 106 cm³/mol. The van der Waals surface area contributed by atoms with Crippen LogP contribution in [0.15, 0.2) is 68.7 Å². The van der Waals surface area contributed by atoms with Gasteiger partial charge in [0.1, 0.15) is 17.1 Å². The van der Waals surface area contributed by atoms with Crippen molar-refractivity contribution in [1.29, 1.82) is 0 Å². The van der Waals surface area contributed by atoms with Crippen LogP contribution < -0.4 is 10.4 Å². The highest BCUT2D eigenvalue weighted by molar-refractivity contribution is 7.89. The number of sulfonamides is 1. The van der Waals surface area contributed by atoms with Crippen LogP contribution in [0.1, 0.15) is 12.8 Å². The quantitative estimate of drug-likeness (QED) is 0.595. The first-order valence-corrected chi connectivity index (χ1v) is 10.8. The van der Waals surface area contributed by atoms with E-state index in [2.05, 4.69) is 0 Å². The Morgan fingerprint density at radius 1 is 1.10 bits per heavy atom. The fraction of sp³-hybridized carbons (Fsp3) is 0.286. The molecule has 4 rings (SSSR count). The first-order chi connectivity index (χ1) is 13.9. The van der Waals surface area contributed by atoms with E-state index >= 15 is 0 Å². The molecule has 1 aliphatic heterocycles. The molecular weight excluding hydrogens is 397 g/mol. The van der Waals surface area contributed by atoms with Crippen molar-refractivity contribution >= 4 is 21.0 Å². The largest absolute Gasteiger partial charge is 0.493 e. The van der Waals surface area contributed by atoms with Crippen molar-refractivity contribution in [1.82, 2.24) is 4.31 Å². The van der Waals surface area contributed by atoms with Crippen LogP contribution in [0.2, 0.25) is 0 Å². The van der Waals surface area contributed by atoms with Gasteiger partial charge in [0.25, 0.3) is 0 Å². The van der Waals surface area contributed by atoms with E-state index in [9.17, 15) is 17.6 Å². The third-order valence-corrected chi connectivity index (χ3v) is 6.87. The van der Waals surface area contributed by atoms with Crippen LogP contribution in [0.3, 0.4) is 0 Å². The Hall–Kier alpha value is -2.71. The highest BCUT2D eigenvalue weighted by Gasteiger charge is 2.30. The van der Waals surface area contributed by atoms with E-state index in [-0.39, 0.29) is 16.6 Å². The Kier molecular flexibility index (Phi) is 5.38. The van der Waals surface area contributed by atoms with Gasteiger partial charge in [-0.2, -0.15) is 4.31 Å². The first-order valence-electron chi connectivity index (χ1n) is 9.34. The highest BCUT2D eigenvalue weighted by atomic mass is 32.2. The molecule has 2 aromatic carbocycles. The summed E-state index contributed by atoms with van der Waals surface area (Å²) in [4.78, 5) is 11.5. The maximum absolute atomic E-state index is 13.1. The standard InChI is InChI=1S/C21H20FNO5S/c22-17-4-6-18(7-5-17)27-14-15-2-1-11-23(13-15)29(25,26)19-8-9-20-16(12-19)3-10-21(24)28-20/h3-10,12,15H,1-2,11,13-14H2. The molecule has 0 radical (unpaired) electrons. The Morgan fingerprint density at radius 2 is 1.90 bits per heavy atom. The molecule has 0 bridgehead atoms. The molecule has 6 nitrogen and oxygen atoms in total. The van der Waals surface area contributed by atoms with Gasteiger partial charge in [-0.3, -0.25) is 0 Å². The molecule has 0 aliphatic carbocycles. The summed E-state index contributed by atoms with van der Waals surface area (Å²) in [5, 5.41) is 0.555. The molecule has 0 saturated carbocycles. The summed E-state index contributed by atoms with van der Waals surface area (Å²) in [5.41, 5.74) is -0.131. The SMILES string of the molecule is O=c1ccc2cc(S(=O)(=O)N3CCCC(COc4ccc(F)cc4)C3)ccc2o1. The average Bonchev–Trinajstić information content (AvgIpc) is 2.73. The predicted octanol–water partition coefficient (Wildman–Crippen LogP) is 3.41. The van der Waals surface area contributed by atoms with Gasteiger partial charge in [-0.1, -0.05) is 0 Å². The second-order valence-corrected chi connectivity index (χ2v) is 9.03. The number of rotatable bonds is 5. The molecule has 2 heterocycles. The van der Waals surface area contributed by atoms with Gasteiger partial charge >= 0.3 is 5.63 Å². The van der Waals surface area contributed by atoms with E-state index in [0.29, 0.717) is 36.4 Å². The lowest BCUT2D eigenvalue weighted by Gasteiger charge is -2.31. The van der Waals surface area contributed by atoms with Crippen LogP contribution in [-0.4, -0.2) is 32.4 Å². The molecule has 3 aromatic rings. The highest BCUT2D eigenvalue weighted by Crippen LogP contribution is 2.26. The molecule has 152 valence electrons. The second-order valence-electron chi connectivity index (χ2n) is 7.09. The molecule has 1 aromatic heterocycles. The van der Waals surface area contributed by atoms with Crippen LogP contribution in [0.4, 0.5) is 4.39 Å². The summed E-state index contributed by atoms with van der Waals surface area (Å²) in [6.07, 6.45) is 1.59. The molecule has 0 amide bonds. The van der Waals surface area contributed by atoms with Gasteiger partial charge in [-0.05, 0) is 61.4 Å². The maximum Gasteiger partial charge on any atom is 0.336 e. The summed E-state index contributed by atoms with van der Waals surface area (Å²) in [6, 6.07) is 13.1. The van der Waals surface area contributed by atoms with Crippen molar-refractivity contribution in [3.63, 3.8) is 0 Å². The van der Waals surface area contributed by atoms with E-state index in [1.165, 1.54) is 40.7 Å². The van der Waals surface area contributed by atoms with Crippen molar-refractivity contribution in [2.75, 3.05) is 19.7 Å². The Morgan fingerprint density at radius 3 is 2.69 bits per heavy atom. The van der Waals surface area contributed by atoms with E-state index in [1.54, 1.807) is 18.2 Å². The number of benzene rings is 2. The lowest BCUT2D eigenvalue weighted by atomic mass is 10.0. The zero-order valence-corrected chi connectivity index (χ0v) is 16.4. The summed E-state index contributed by atoms with van der Waals surface area (Å²) in [5.74, 6) is 0.270. The van der Waals surface area contributed by atoms with Crippen molar-refractivity contribution in [3.8, 4) is 5.75 Å². The minimum absolute atomic E-state index is 0.0436. The smallest absolute Gasteiger partial charge is 0.336 e. The molecule has 8 heteroatoms. The van der Waals surface area contributed by atoms with Crippen molar-refractivity contribution < 1.29 is 22.0 Å². The van der Waals surface area contributed by atoms with Crippen molar-refractivity contribution in [2.24, 2.45) is 5.92 Å². The van der Waals surface area contributed by atoms with Crippen LogP contribution in [0.25, 0.3) is 11.0 Å². The van der Waals surface area contributed by atoms with Crippen molar-refractivity contribution in [2.45, 2.75) is 17.7 Å². The van der Waals surface area contributed by atoms with E-state index in [1.807, 2.05) is 0 Å². The fourth-order valence-electron chi connectivity index (χ4n) is 3.49. The first kappa shape index (κ1) is 19.6. The summed E-state index contributed by atoms with van der Waals surface area (Å²) in [7, 11) is -3.68. The van der Waals surface area contributed by atoms with Gasteiger partial charge in [0.15, 0.2) is 0 Å². The van der Waals surface area contributed by atoms with Crippen LogP contribution in [0, 0.1) is 11.7 Å². The lowest BCUT2D eigenvalue weighted by molar-refractivity contribution is 0.180. The molecule has 1 unspecified atom stereocenters. The van der Waals surface area contributed by atoms with Gasteiger partial charge in [0.05, 0.1) is 11.5 Å². The van der Waals surface area contributed by atoms with E-state index < -0.39 is 15.6 Å². The molecule has 1 atom stereocenters. The monoisotopic (exact) mass is 417 g/mol. The van der Waals surface area contributed by atoms with Gasteiger partial charge < -0.3 is 9.15 Å². The minimum Gasteiger partial charge on any atom is -0.493 e. The van der Waals surface area contributed by atoms with E-state index in [4.69, 9.17) is 9.15 Å². The lowest BCUT2D eigenvalue weighted by Crippen LogP contribution is -2.41. The number of nitrogens with zero attached hydrogens (tertiary/aromatic N) is 1. The fourth-order valence-corrected chi connectivity index (χ4v) is 5.08. The second kappa shape index (κ2) is 7.96. The molecule has 0 N–H and O–H groups in total. The van der Waals surface area contributed by atoms with Crippen LogP contribution in [0.5, 0.6) is 5.75 Å². The molecule has 29 heavy (non-hydrogen) atoms. The van der Waals surface area contributed by atoms with Gasteiger partial charge in [-0.15, -0.1) is 0 Å². The molecule has 1 fully saturated rings. The molecule has 1 saturated heterocycles. The Balaban J connectivity index is 1.48. The average molecular weight is 417 g/mol. The topological polar surface area (TPSA) is 76.8 Å². The normalized spacial score (nSPS) is 18.0. The zero-order valence-electron chi connectivity index (χ0n) is 15.6. The Bertz CT molecular complexity index is 1170. The number of piperidine rings is 1. The van der Waals surface area contributed by atoms with Gasteiger partial charge in [-0.25, -0.2) is 17.6 Å². The molecular formula is C21H20FNO5S. The molecule has 0 spiro atoms. The number of hydrogen-bond acceptors (Lipinski definition) is 5. The van der Waals surface area contributed by atoms with Crippen molar-refractivity contribution in [3.05, 3.63) is 70.8 Å². The summed E-state index contributed by atoms with van der Waals surface area (Å²) >= 11 is 0. The third-order valence-electron chi connectivity index (χ3n) is 5.01. The summed E-state index contributed by atoms with van der Waals surface area (Å²) < 4.78 is 51.4. The molecule has 1 aliphatic rings. The maximum atomic E-state index is 13.1.